The normalized spacial score (nSPS) is 14.4. The first kappa shape index (κ1) is 10.5. The topological polar surface area (TPSA) is 47.6 Å². The molecule has 1 heterocycles. The van der Waals surface area contributed by atoms with E-state index in [1.165, 1.54) is 30.5 Å². The second kappa shape index (κ2) is 4.65. The molecule has 1 amide bonds. The van der Waals surface area contributed by atoms with Gasteiger partial charge < -0.3 is 14.8 Å². The van der Waals surface area contributed by atoms with E-state index in [1.54, 1.807) is 0 Å². The van der Waals surface area contributed by atoms with E-state index in [-0.39, 0.29) is 11.6 Å². The first-order chi connectivity index (χ1) is 7.75. The molecule has 0 atom stereocenters. The SMILES string of the molecule is O=C(Nc1ccc(F)cc1)C1=COCCO1. The highest BCUT2D eigenvalue weighted by molar-refractivity contribution is 6.02. The molecule has 5 heteroatoms. The van der Waals surface area contributed by atoms with E-state index in [4.69, 9.17) is 9.47 Å². The van der Waals surface area contributed by atoms with Crippen LogP contribution >= 0.6 is 0 Å². The molecule has 16 heavy (non-hydrogen) atoms. The number of hydrogen-bond donors (Lipinski definition) is 1. The van der Waals surface area contributed by atoms with Crippen LogP contribution in [0, 0.1) is 5.82 Å². The zero-order valence-electron chi connectivity index (χ0n) is 8.40. The van der Waals surface area contributed by atoms with E-state index in [0.717, 1.165) is 0 Å². The van der Waals surface area contributed by atoms with Crippen molar-refractivity contribution in [2.75, 3.05) is 18.5 Å². The molecule has 0 bridgehead atoms. The van der Waals surface area contributed by atoms with E-state index in [2.05, 4.69) is 5.32 Å². The Kier molecular flexibility index (Phi) is 3.05. The molecule has 1 aliphatic rings. The third kappa shape index (κ3) is 2.50. The van der Waals surface area contributed by atoms with Gasteiger partial charge >= 0.3 is 0 Å². The lowest BCUT2D eigenvalue weighted by atomic mass is 10.3. The van der Waals surface area contributed by atoms with Crippen LogP contribution in [0.4, 0.5) is 10.1 Å². The number of halogens is 1. The first-order valence-corrected chi connectivity index (χ1v) is 4.77. The van der Waals surface area contributed by atoms with Crippen molar-refractivity contribution in [2.45, 2.75) is 0 Å². The summed E-state index contributed by atoms with van der Waals surface area (Å²) in [5, 5.41) is 2.56. The summed E-state index contributed by atoms with van der Waals surface area (Å²) in [5.41, 5.74) is 0.501. The van der Waals surface area contributed by atoms with Gasteiger partial charge in [0, 0.05) is 5.69 Å². The summed E-state index contributed by atoms with van der Waals surface area (Å²) in [6.07, 6.45) is 1.27. The van der Waals surface area contributed by atoms with E-state index < -0.39 is 5.91 Å². The number of benzene rings is 1. The molecule has 0 spiro atoms. The molecule has 1 aromatic carbocycles. The Morgan fingerprint density at radius 1 is 1.25 bits per heavy atom. The molecular formula is C11H10FNO3. The van der Waals surface area contributed by atoms with E-state index >= 15 is 0 Å². The van der Waals surface area contributed by atoms with E-state index in [0.29, 0.717) is 18.9 Å². The zero-order chi connectivity index (χ0) is 11.4. The fraction of sp³-hybridized carbons (Fsp3) is 0.182. The van der Waals surface area contributed by atoms with Crippen molar-refractivity contribution in [1.29, 1.82) is 0 Å². The maximum atomic E-state index is 12.6. The molecule has 1 N–H and O–H groups in total. The largest absolute Gasteiger partial charge is 0.494 e. The molecule has 84 valence electrons. The lowest BCUT2D eigenvalue weighted by Gasteiger charge is -2.14. The number of ether oxygens (including phenoxy) is 2. The highest BCUT2D eigenvalue weighted by Crippen LogP contribution is 2.11. The smallest absolute Gasteiger partial charge is 0.294 e. The van der Waals surface area contributed by atoms with Crippen molar-refractivity contribution in [3.63, 3.8) is 0 Å². The van der Waals surface area contributed by atoms with Crippen molar-refractivity contribution < 1.29 is 18.7 Å². The van der Waals surface area contributed by atoms with Crippen LogP contribution in [0.2, 0.25) is 0 Å². The molecule has 1 aliphatic heterocycles. The van der Waals surface area contributed by atoms with Gasteiger partial charge in [-0.15, -0.1) is 0 Å². The second-order valence-corrected chi connectivity index (χ2v) is 3.16. The fourth-order valence-corrected chi connectivity index (χ4v) is 1.21. The second-order valence-electron chi connectivity index (χ2n) is 3.16. The van der Waals surface area contributed by atoms with Crippen LogP contribution in [0.25, 0.3) is 0 Å². The summed E-state index contributed by atoms with van der Waals surface area (Å²) in [5.74, 6) is -0.642. The summed E-state index contributed by atoms with van der Waals surface area (Å²) in [4.78, 5) is 11.6. The van der Waals surface area contributed by atoms with Gasteiger partial charge in [-0.1, -0.05) is 0 Å². The molecular weight excluding hydrogens is 213 g/mol. The van der Waals surface area contributed by atoms with Crippen LogP contribution in [-0.4, -0.2) is 19.1 Å². The minimum Gasteiger partial charge on any atom is -0.494 e. The van der Waals surface area contributed by atoms with Gasteiger partial charge in [-0.2, -0.15) is 0 Å². The summed E-state index contributed by atoms with van der Waals surface area (Å²) in [7, 11) is 0. The Morgan fingerprint density at radius 2 is 2.00 bits per heavy atom. The van der Waals surface area contributed by atoms with E-state index in [9.17, 15) is 9.18 Å². The van der Waals surface area contributed by atoms with Crippen molar-refractivity contribution in [3.05, 3.63) is 42.1 Å². The minimum absolute atomic E-state index is 0.121. The van der Waals surface area contributed by atoms with Crippen molar-refractivity contribution in [2.24, 2.45) is 0 Å². The van der Waals surface area contributed by atoms with Gasteiger partial charge in [0.05, 0.1) is 0 Å². The fourth-order valence-electron chi connectivity index (χ4n) is 1.21. The number of anilines is 1. The number of carbonyl (C=O) groups is 1. The van der Waals surface area contributed by atoms with Crippen LogP contribution in [0.1, 0.15) is 0 Å². The molecule has 1 aromatic rings. The molecule has 0 radical (unpaired) electrons. The number of amides is 1. The highest BCUT2D eigenvalue weighted by atomic mass is 19.1. The monoisotopic (exact) mass is 223 g/mol. The van der Waals surface area contributed by atoms with Crippen molar-refractivity contribution >= 4 is 11.6 Å². The van der Waals surface area contributed by atoms with Crippen LogP contribution < -0.4 is 5.32 Å². The molecule has 2 rings (SSSR count). The Bertz CT molecular complexity index is 414. The predicted octanol–water partition coefficient (Wildman–Crippen LogP) is 1.65. The van der Waals surface area contributed by atoms with Crippen molar-refractivity contribution in [1.82, 2.24) is 0 Å². The molecule has 0 aromatic heterocycles. The van der Waals surface area contributed by atoms with E-state index in [1.807, 2.05) is 0 Å². The van der Waals surface area contributed by atoms with Gasteiger partial charge in [-0.25, -0.2) is 4.39 Å². The lowest BCUT2D eigenvalue weighted by molar-refractivity contribution is -0.117. The molecule has 0 aliphatic carbocycles. The van der Waals surface area contributed by atoms with Crippen LogP contribution in [0.5, 0.6) is 0 Å². The summed E-state index contributed by atoms with van der Waals surface area (Å²) in [6, 6.07) is 5.47. The van der Waals surface area contributed by atoms with Crippen LogP contribution in [0.3, 0.4) is 0 Å². The summed E-state index contributed by atoms with van der Waals surface area (Å²) < 4.78 is 22.6. The Hall–Kier alpha value is -2.04. The highest BCUT2D eigenvalue weighted by Gasteiger charge is 2.14. The maximum absolute atomic E-state index is 12.6. The van der Waals surface area contributed by atoms with Gasteiger partial charge in [0.1, 0.15) is 25.3 Å². The van der Waals surface area contributed by atoms with Crippen LogP contribution in [0.15, 0.2) is 36.3 Å². The summed E-state index contributed by atoms with van der Waals surface area (Å²) in [6.45, 7) is 0.788. The van der Waals surface area contributed by atoms with Gasteiger partial charge in [0.25, 0.3) is 5.91 Å². The molecule has 0 fully saturated rings. The third-order valence-electron chi connectivity index (χ3n) is 1.98. The average molecular weight is 223 g/mol. The summed E-state index contributed by atoms with van der Waals surface area (Å²) >= 11 is 0. The quantitative estimate of drug-likeness (QED) is 0.829. The van der Waals surface area contributed by atoms with Gasteiger partial charge in [-0.3, -0.25) is 4.79 Å². The lowest BCUT2D eigenvalue weighted by Crippen LogP contribution is -2.21. The Labute approximate surface area is 91.7 Å². The molecule has 0 saturated heterocycles. The first-order valence-electron chi connectivity index (χ1n) is 4.77. The number of nitrogens with one attached hydrogen (secondary N) is 1. The number of rotatable bonds is 2. The maximum Gasteiger partial charge on any atom is 0.294 e. The minimum atomic E-state index is -0.411. The Morgan fingerprint density at radius 3 is 2.62 bits per heavy atom. The number of carbonyl (C=O) groups excluding carboxylic acids is 1. The number of hydrogen-bond acceptors (Lipinski definition) is 3. The molecule has 0 unspecified atom stereocenters. The standard InChI is InChI=1S/C11H10FNO3/c12-8-1-3-9(4-2-8)13-11(14)10-7-15-5-6-16-10/h1-4,7H,5-6H2,(H,13,14). The molecule has 0 saturated carbocycles. The van der Waals surface area contributed by atoms with Crippen molar-refractivity contribution in [3.8, 4) is 0 Å². The zero-order valence-corrected chi connectivity index (χ0v) is 8.40. The predicted molar refractivity (Wildman–Crippen MR) is 55.0 cm³/mol. The molecule has 4 nitrogen and oxygen atoms in total. The Balaban J connectivity index is 2.01. The van der Waals surface area contributed by atoms with Gasteiger partial charge in [0.2, 0.25) is 5.76 Å². The van der Waals surface area contributed by atoms with Crippen LogP contribution in [-0.2, 0) is 14.3 Å². The third-order valence-corrected chi connectivity index (χ3v) is 1.98. The average Bonchev–Trinajstić information content (AvgIpc) is 2.33. The van der Waals surface area contributed by atoms with Gasteiger partial charge in [-0.05, 0) is 24.3 Å². The van der Waals surface area contributed by atoms with Gasteiger partial charge in [0.15, 0.2) is 0 Å².